The number of nitrogens with zero attached hydrogens (tertiary/aromatic N) is 1. The van der Waals surface area contributed by atoms with E-state index in [0.29, 0.717) is 11.7 Å². The van der Waals surface area contributed by atoms with Crippen LogP contribution in [0.5, 0.6) is 0 Å². The first kappa shape index (κ1) is 8.17. The van der Waals surface area contributed by atoms with Gasteiger partial charge < -0.3 is 10.6 Å². The van der Waals surface area contributed by atoms with Gasteiger partial charge in [-0.05, 0) is 19.4 Å². The highest BCUT2D eigenvalue weighted by Gasteiger charge is 2.49. The average molecular weight is 182 g/mol. The van der Waals surface area contributed by atoms with Crippen molar-refractivity contribution in [3.63, 3.8) is 0 Å². The molecule has 3 aliphatic heterocycles. The minimum Gasteiger partial charge on any atom is -0.313 e. The van der Waals surface area contributed by atoms with Crippen molar-refractivity contribution in [1.29, 1.82) is 0 Å². The predicted molar refractivity (Wildman–Crippen MR) is 51.3 cm³/mol. The van der Waals surface area contributed by atoms with Crippen molar-refractivity contribution in [2.45, 2.75) is 24.5 Å². The summed E-state index contributed by atoms with van der Waals surface area (Å²) >= 11 is 0. The molecule has 3 fully saturated rings. The summed E-state index contributed by atoms with van der Waals surface area (Å²) in [6, 6.07) is 0. The Kier molecular flexibility index (Phi) is 1.83. The molecule has 4 heteroatoms. The molecule has 1 atom stereocenters. The van der Waals surface area contributed by atoms with Crippen LogP contribution in [0.3, 0.4) is 0 Å². The first-order valence-corrected chi connectivity index (χ1v) is 5.31. The van der Waals surface area contributed by atoms with Gasteiger partial charge in [-0.2, -0.15) is 0 Å². The summed E-state index contributed by atoms with van der Waals surface area (Å²) < 4.78 is 0. The fraction of sp³-hybridized carbons (Fsp3) is 1.00. The van der Waals surface area contributed by atoms with E-state index in [2.05, 4.69) is 20.9 Å². The number of rotatable bonds is 1. The maximum absolute atomic E-state index is 3.69. The van der Waals surface area contributed by atoms with Gasteiger partial charge in [0.25, 0.3) is 0 Å². The normalized spacial score (nSPS) is 38.3. The van der Waals surface area contributed by atoms with Gasteiger partial charge in [0.2, 0.25) is 0 Å². The lowest BCUT2D eigenvalue weighted by Crippen LogP contribution is -2.81. The van der Waals surface area contributed by atoms with Crippen LogP contribution in [0.15, 0.2) is 0 Å². The molecule has 1 spiro atoms. The van der Waals surface area contributed by atoms with Crippen LogP contribution in [0, 0.1) is 0 Å². The van der Waals surface area contributed by atoms with Crippen molar-refractivity contribution in [2.75, 3.05) is 32.8 Å². The standard InChI is InChI=1S/C9H18N4/c1-2-10-7-13(3-1)8-4-9(12-8)5-11-6-9/h8,10-12H,1-7H2. The van der Waals surface area contributed by atoms with Crippen molar-refractivity contribution in [3.8, 4) is 0 Å². The van der Waals surface area contributed by atoms with Gasteiger partial charge in [-0.1, -0.05) is 0 Å². The summed E-state index contributed by atoms with van der Waals surface area (Å²) in [5.74, 6) is 0. The van der Waals surface area contributed by atoms with E-state index in [0.717, 1.165) is 6.67 Å². The Labute approximate surface area is 79.1 Å². The Morgan fingerprint density at radius 1 is 1.23 bits per heavy atom. The molecule has 1 unspecified atom stereocenters. The molecule has 3 aliphatic rings. The Morgan fingerprint density at radius 2 is 2.08 bits per heavy atom. The van der Waals surface area contributed by atoms with E-state index in [1.807, 2.05) is 0 Å². The third-order valence-electron chi connectivity index (χ3n) is 3.54. The molecule has 0 aromatic carbocycles. The fourth-order valence-corrected chi connectivity index (χ4v) is 2.57. The summed E-state index contributed by atoms with van der Waals surface area (Å²) in [5, 5.41) is 10.4. The second-order valence-corrected chi connectivity index (χ2v) is 4.57. The molecule has 0 amide bonds. The first-order chi connectivity index (χ1) is 6.38. The van der Waals surface area contributed by atoms with Crippen LogP contribution in [0.1, 0.15) is 12.8 Å². The molecule has 0 aromatic heterocycles. The predicted octanol–water partition coefficient (Wildman–Crippen LogP) is -1.10. The highest BCUT2D eigenvalue weighted by molar-refractivity contribution is 5.11. The van der Waals surface area contributed by atoms with Crippen LogP contribution in [0.2, 0.25) is 0 Å². The summed E-state index contributed by atoms with van der Waals surface area (Å²) in [4.78, 5) is 2.52. The van der Waals surface area contributed by atoms with Crippen LogP contribution in [0.4, 0.5) is 0 Å². The van der Waals surface area contributed by atoms with Crippen LogP contribution >= 0.6 is 0 Å². The SMILES string of the molecule is C1CNCN(C2CC3(CNC3)N2)C1. The van der Waals surface area contributed by atoms with Crippen molar-refractivity contribution in [3.05, 3.63) is 0 Å². The van der Waals surface area contributed by atoms with Gasteiger partial charge >= 0.3 is 0 Å². The number of hydrogen-bond acceptors (Lipinski definition) is 4. The second-order valence-electron chi connectivity index (χ2n) is 4.57. The molecule has 3 saturated heterocycles. The van der Waals surface area contributed by atoms with Crippen molar-refractivity contribution < 1.29 is 0 Å². The van der Waals surface area contributed by atoms with Crippen molar-refractivity contribution >= 4 is 0 Å². The fourth-order valence-electron chi connectivity index (χ4n) is 2.57. The molecule has 4 nitrogen and oxygen atoms in total. The van der Waals surface area contributed by atoms with Gasteiger partial charge in [-0.25, -0.2) is 0 Å². The van der Waals surface area contributed by atoms with Gasteiger partial charge in [0.05, 0.1) is 6.17 Å². The second kappa shape index (κ2) is 2.92. The first-order valence-electron chi connectivity index (χ1n) is 5.31. The zero-order valence-corrected chi connectivity index (χ0v) is 7.97. The quantitative estimate of drug-likeness (QED) is 0.481. The highest BCUT2D eigenvalue weighted by atomic mass is 15.4. The Morgan fingerprint density at radius 3 is 2.62 bits per heavy atom. The monoisotopic (exact) mass is 182 g/mol. The van der Waals surface area contributed by atoms with Gasteiger partial charge in [-0.3, -0.25) is 10.2 Å². The minimum atomic E-state index is 0.488. The molecule has 0 aromatic rings. The van der Waals surface area contributed by atoms with E-state index in [4.69, 9.17) is 0 Å². The molecule has 0 saturated carbocycles. The Bertz CT molecular complexity index is 188. The molecule has 3 heterocycles. The van der Waals surface area contributed by atoms with E-state index in [9.17, 15) is 0 Å². The van der Waals surface area contributed by atoms with Crippen LogP contribution in [-0.4, -0.2) is 49.5 Å². The molecular formula is C9H18N4. The summed E-state index contributed by atoms with van der Waals surface area (Å²) in [6.07, 6.45) is 3.28. The van der Waals surface area contributed by atoms with Crippen LogP contribution < -0.4 is 16.0 Å². The zero-order valence-electron chi connectivity index (χ0n) is 7.97. The van der Waals surface area contributed by atoms with E-state index in [1.54, 1.807) is 0 Å². The zero-order chi connectivity index (χ0) is 8.73. The van der Waals surface area contributed by atoms with Crippen LogP contribution in [0.25, 0.3) is 0 Å². The Hall–Kier alpha value is -0.160. The molecule has 0 bridgehead atoms. The molecule has 74 valence electrons. The molecule has 3 N–H and O–H groups in total. The molecule has 3 rings (SSSR count). The number of nitrogens with one attached hydrogen (secondary N) is 3. The number of hydrogen-bond donors (Lipinski definition) is 3. The minimum absolute atomic E-state index is 0.488. The summed E-state index contributed by atoms with van der Waals surface area (Å²) in [6.45, 7) is 5.86. The molecular weight excluding hydrogens is 164 g/mol. The van der Waals surface area contributed by atoms with Gasteiger partial charge in [0.15, 0.2) is 0 Å². The lowest BCUT2D eigenvalue weighted by molar-refractivity contribution is -0.0275. The smallest absolute Gasteiger partial charge is 0.0632 e. The largest absolute Gasteiger partial charge is 0.313 e. The third kappa shape index (κ3) is 1.29. The Balaban J connectivity index is 1.51. The van der Waals surface area contributed by atoms with Gasteiger partial charge in [0, 0.05) is 31.8 Å². The molecule has 0 aliphatic carbocycles. The summed E-state index contributed by atoms with van der Waals surface area (Å²) in [7, 11) is 0. The topological polar surface area (TPSA) is 39.3 Å². The van der Waals surface area contributed by atoms with Gasteiger partial charge in [0.1, 0.15) is 0 Å². The molecule has 13 heavy (non-hydrogen) atoms. The van der Waals surface area contributed by atoms with Crippen LogP contribution in [-0.2, 0) is 0 Å². The lowest BCUT2D eigenvalue weighted by atomic mass is 9.79. The van der Waals surface area contributed by atoms with Crippen molar-refractivity contribution in [1.82, 2.24) is 20.9 Å². The van der Waals surface area contributed by atoms with Crippen molar-refractivity contribution in [2.24, 2.45) is 0 Å². The van der Waals surface area contributed by atoms with Gasteiger partial charge in [-0.15, -0.1) is 0 Å². The third-order valence-corrected chi connectivity index (χ3v) is 3.54. The van der Waals surface area contributed by atoms with E-state index in [-0.39, 0.29) is 0 Å². The van der Waals surface area contributed by atoms with E-state index in [1.165, 1.54) is 39.0 Å². The highest BCUT2D eigenvalue weighted by Crippen LogP contribution is 2.30. The van der Waals surface area contributed by atoms with E-state index >= 15 is 0 Å². The maximum atomic E-state index is 3.69. The maximum Gasteiger partial charge on any atom is 0.0632 e. The summed E-state index contributed by atoms with van der Waals surface area (Å²) in [5.41, 5.74) is 0.488. The lowest BCUT2D eigenvalue weighted by Gasteiger charge is -2.58. The average Bonchev–Trinajstić information content (AvgIpc) is 2.01. The van der Waals surface area contributed by atoms with E-state index < -0.39 is 0 Å². The molecule has 0 radical (unpaired) electrons.